The summed E-state index contributed by atoms with van der Waals surface area (Å²) in [6.07, 6.45) is 0. The zero-order chi connectivity index (χ0) is 13.1. The highest BCUT2D eigenvalue weighted by Gasteiger charge is 2.07. The molecule has 0 aliphatic carbocycles. The van der Waals surface area contributed by atoms with Gasteiger partial charge in [0.2, 0.25) is 0 Å². The third kappa shape index (κ3) is 3.34. The minimum absolute atomic E-state index is 0.104. The number of nitro groups is 1. The first-order chi connectivity index (χ1) is 8.56. The summed E-state index contributed by atoms with van der Waals surface area (Å²) in [5, 5.41) is 10.6. The number of non-ortho nitro benzene ring substituents is 1. The first-order valence-electron chi connectivity index (χ1n) is 4.93. The molecule has 0 aliphatic heterocycles. The molecular formula is C12H7Br2NO2S. The molecule has 18 heavy (non-hydrogen) atoms. The maximum absolute atomic E-state index is 10.6. The zero-order valence-corrected chi connectivity index (χ0v) is 13.0. The van der Waals surface area contributed by atoms with Crippen molar-refractivity contribution in [3.63, 3.8) is 0 Å². The monoisotopic (exact) mass is 387 g/mol. The van der Waals surface area contributed by atoms with E-state index in [-0.39, 0.29) is 5.69 Å². The third-order valence-electron chi connectivity index (χ3n) is 2.17. The van der Waals surface area contributed by atoms with Crippen molar-refractivity contribution in [2.24, 2.45) is 0 Å². The molecule has 6 heteroatoms. The van der Waals surface area contributed by atoms with Crippen molar-refractivity contribution in [1.29, 1.82) is 0 Å². The number of benzene rings is 2. The number of halogens is 2. The van der Waals surface area contributed by atoms with Gasteiger partial charge in [-0.15, -0.1) is 0 Å². The summed E-state index contributed by atoms with van der Waals surface area (Å²) in [6, 6.07) is 12.4. The Labute approximate surface area is 125 Å². The molecule has 2 aromatic rings. The van der Waals surface area contributed by atoms with Gasteiger partial charge in [-0.25, -0.2) is 0 Å². The smallest absolute Gasteiger partial charge is 0.258 e. The van der Waals surface area contributed by atoms with Crippen LogP contribution >= 0.6 is 43.6 Å². The summed E-state index contributed by atoms with van der Waals surface area (Å²) >= 11 is 8.44. The Morgan fingerprint density at radius 3 is 2.33 bits per heavy atom. The first-order valence-corrected chi connectivity index (χ1v) is 7.34. The predicted octanol–water partition coefficient (Wildman–Crippen LogP) is 5.27. The van der Waals surface area contributed by atoms with Gasteiger partial charge in [0.15, 0.2) is 0 Å². The Balaban J connectivity index is 2.23. The predicted molar refractivity (Wildman–Crippen MR) is 79.1 cm³/mol. The third-order valence-corrected chi connectivity index (χ3v) is 4.68. The molecule has 0 aliphatic rings. The van der Waals surface area contributed by atoms with Gasteiger partial charge >= 0.3 is 0 Å². The SMILES string of the molecule is O=[N+]([O-])c1ccc(Sc2cc(Br)ccc2Br)cc1. The lowest BCUT2D eigenvalue weighted by Crippen LogP contribution is -1.86. The highest BCUT2D eigenvalue weighted by Crippen LogP contribution is 2.35. The number of nitrogens with zero attached hydrogens (tertiary/aromatic N) is 1. The molecule has 2 rings (SSSR count). The molecule has 0 radical (unpaired) electrons. The van der Waals surface area contributed by atoms with E-state index in [9.17, 15) is 10.1 Å². The van der Waals surface area contributed by atoms with E-state index in [1.807, 2.05) is 18.2 Å². The Morgan fingerprint density at radius 1 is 1.06 bits per heavy atom. The van der Waals surface area contributed by atoms with Crippen LogP contribution in [0.25, 0.3) is 0 Å². The van der Waals surface area contributed by atoms with Gasteiger partial charge in [-0.05, 0) is 46.3 Å². The first kappa shape index (κ1) is 13.6. The van der Waals surface area contributed by atoms with Gasteiger partial charge in [-0.1, -0.05) is 27.7 Å². The van der Waals surface area contributed by atoms with Crippen LogP contribution in [0.3, 0.4) is 0 Å². The largest absolute Gasteiger partial charge is 0.269 e. The summed E-state index contributed by atoms with van der Waals surface area (Å²) in [5.41, 5.74) is 0.104. The van der Waals surface area contributed by atoms with E-state index >= 15 is 0 Å². The normalized spacial score (nSPS) is 10.3. The number of nitro benzene ring substituents is 1. The van der Waals surface area contributed by atoms with Crippen LogP contribution in [0, 0.1) is 10.1 Å². The lowest BCUT2D eigenvalue weighted by molar-refractivity contribution is -0.384. The average Bonchev–Trinajstić information content (AvgIpc) is 2.34. The Bertz CT molecular complexity index is 587. The second-order valence-electron chi connectivity index (χ2n) is 3.43. The van der Waals surface area contributed by atoms with Crippen LogP contribution in [0.15, 0.2) is 61.2 Å². The van der Waals surface area contributed by atoms with Crippen LogP contribution in [0.1, 0.15) is 0 Å². The van der Waals surface area contributed by atoms with Crippen molar-refractivity contribution in [3.05, 3.63) is 61.5 Å². The Morgan fingerprint density at radius 2 is 1.72 bits per heavy atom. The lowest BCUT2D eigenvalue weighted by atomic mass is 10.3. The molecule has 0 N–H and O–H groups in total. The summed E-state index contributed by atoms with van der Waals surface area (Å²) < 4.78 is 1.99. The molecule has 0 saturated heterocycles. The van der Waals surface area contributed by atoms with Crippen molar-refractivity contribution in [2.75, 3.05) is 0 Å². The van der Waals surface area contributed by atoms with Gasteiger partial charge in [0.25, 0.3) is 5.69 Å². The summed E-state index contributed by atoms with van der Waals surface area (Å²) in [7, 11) is 0. The van der Waals surface area contributed by atoms with Crippen molar-refractivity contribution in [3.8, 4) is 0 Å². The van der Waals surface area contributed by atoms with E-state index in [1.165, 1.54) is 12.1 Å². The maximum atomic E-state index is 10.6. The molecule has 0 saturated carbocycles. The molecule has 0 atom stereocenters. The summed E-state index contributed by atoms with van der Waals surface area (Å²) in [6.45, 7) is 0. The minimum Gasteiger partial charge on any atom is -0.258 e. The fourth-order valence-electron chi connectivity index (χ4n) is 1.32. The quantitative estimate of drug-likeness (QED) is 0.531. The van der Waals surface area contributed by atoms with Gasteiger partial charge in [0.1, 0.15) is 0 Å². The molecule has 0 bridgehead atoms. The van der Waals surface area contributed by atoms with Gasteiger partial charge < -0.3 is 0 Å². The van der Waals surface area contributed by atoms with Gasteiger partial charge in [-0.3, -0.25) is 10.1 Å². The number of hydrogen-bond donors (Lipinski definition) is 0. The second kappa shape index (κ2) is 5.86. The van der Waals surface area contributed by atoms with Crippen molar-refractivity contribution in [2.45, 2.75) is 9.79 Å². The number of hydrogen-bond acceptors (Lipinski definition) is 3. The molecular weight excluding hydrogens is 382 g/mol. The zero-order valence-electron chi connectivity index (χ0n) is 8.97. The van der Waals surface area contributed by atoms with Gasteiger partial charge in [0, 0.05) is 30.9 Å². The molecule has 0 fully saturated rings. The van der Waals surface area contributed by atoms with Crippen molar-refractivity contribution < 1.29 is 4.92 Å². The molecule has 0 unspecified atom stereocenters. The van der Waals surface area contributed by atoms with Crippen molar-refractivity contribution >= 4 is 49.3 Å². The Hall–Kier alpha value is -0.850. The molecule has 0 spiro atoms. The molecule has 0 amide bonds. The lowest BCUT2D eigenvalue weighted by Gasteiger charge is -2.04. The van der Waals surface area contributed by atoms with E-state index in [4.69, 9.17) is 0 Å². The molecule has 2 aromatic carbocycles. The van der Waals surface area contributed by atoms with Gasteiger partial charge in [0.05, 0.1) is 4.92 Å². The highest BCUT2D eigenvalue weighted by atomic mass is 79.9. The molecule has 3 nitrogen and oxygen atoms in total. The molecule has 0 aromatic heterocycles. The van der Waals surface area contributed by atoms with E-state index < -0.39 is 4.92 Å². The maximum Gasteiger partial charge on any atom is 0.269 e. The summed E-state index contributed by atoms with van der Waals surface area (Å²) in [5.74, 6) is 0. The minimum atomic E-state index is -0.399. The van der Waals surface area contributed by atoms with Crippen LogP contribution in [-0.4, -0.2) is 4.92 Å². The van der Waals surface area contributed by atoms with Crippen LogP contribution in [0.2, 0.25) is 0 Å². The van der Waals surface area contributed by atoms with Gasteiger partial charge in [-0.2, -0.15) is 0 Å². The molecule has 92 valence electrons. The van der Waals surface area contributed by atoms with E-state index in [0.717, 1.165) is 18.7 Å². The van der Waals surface area contributed by atoms with E-state index in [0.29, 0.717) is 0 Å². The van der Waals surface area contributed by atoms with Crippen LogP contribution in [-0.2, 0) is 0 Å². The summed E-state index contributed by atoms with van der Waals surface area (Å²) in [4.78, 5) is 12.2. The van der Waals surface area contributed by atoms with E-state index in [2.05, 4.69) is 31.9 Å². The topological polar surface area (TPSA) is 43.1 Å². The van der Waals surface area contributed by atoms with Crippen LogP contribution in [0.4, 0.5) is 5.69 Å². The van der Waals surface area contributed by atoms with Crippen molar-refractivity contribution in [1.82, 2.24) is 0 Å². The fourth-order valence-corrected chi connectivity index (χ4v) is 3.20. The van der Waals surface area contributed by atoms with Crippen LogP contribution < -0.4 is 0 Å². The fraction of sp³-hybridized carbons (Fsp3) is 0. The van der Waals surface area contributed by atoms with Crippen LogP contribution in [0.5, 0.6) is 0 Å². The highest BCUT2D eigenvalue weighted by molar-refractivity contribution is 9.11. The Kier molecular flexibility index (Phi) is 4.42. The standard InChI is InChI=1S/C12H7Br2NO2S/c13-8-1-6-11(14)12(7-8)18-10-4-2-9(3-5-10)15(16)17/h1-7H. The van der Waals surface area contributed by atoms with E-state index in [1.54, 1.807) is 23.9 Å². The number of rotatable bonds is 3. The molecule has 0 heterocycles. The second-order valence-corrected chi connectivity index (χ2v) is 6.31. The average molecular weight is 389 g/mol.